The maximum atomic E-state index is 8.68. The van der Waals surface area contributed by atoms with Crippen molar-refractivity contribution in [1.29, 1.82) is 0 Å². The zero-order valence-corrected chi connectivity index (χ0v) is 11.7. The summed E-state index contributed by atoms with van der Waals surface area (Å²) in [5, 5.41) is 12.4. The van der Waals surface area contributed by atoms with E-state index in [2.05, 4.69) is 5.16 Å². The van der Waals surface area contributed by atoms with Crippen LogP contribution >= 0.6 is 11.6 Å². The number of para-hydroxylation sites is 1. The lowest BCUT2D eigenvalue weighted by atomic mass is 10.2. The highest BCUT2D eigenvalue weighted by atomic mass is 35.5. The zero-order chi connectivity index (χ0) is 14.4. The molecular formula is C15H14ClNO3. The number of ether oxygens (including phenoxy) is 2. The Morgan fingerprint density at radius 1 is 1.20 bits per heavy atom. The first-order chi connectivity index (χ1) is 9.74. The molecule has 2 aromatic carbocycles. The van der Waals surface area contributed by atoms with Crippen LogP contribution in [0, 0.1) is 0 Å². The molecule has 0 radical (unpaired) electrons. The average molecular weight is 292 g/mol. The highest BCUT2D eigenvalue weighted by molar-refractivity contribution is 6.30. The van der Waals surface area contributed by atoms with Gasteiger partial charge in [-0.3, -0.25) is 0 Å². The SMILES string of the molecule is COc1cccc(/C=N/O)c1OCc1ccc(Cl)cc1. The van der Waals surface area contributed by atoms with Crippen LogP contribution in [0.3, 0.4) is 0 Å². The van der Waals surface area contributed by atoms with E-state index in [-0.39, 0.29) is 0 Å². The van der Waals surface area contributed by atoms with E-state index >= 15 is 0 Å². The molecule has 1 N–H and O–H groups in total. The lowest BCUT2D eigenvalue weighted by molar-refractivity contribution is 0.283. The van der Waals surface area contributed by atoms with E-state index in [4.69, 9.17) is 26.3 Å². The summed E-state index contributed by atoms with van der Waals surface area (Å²) in [6.07, 6.45) is 1.31. The normalized spacial score (nSPS) is 10.7. The van der Waals surface area contributed by atoms with Crippen molar-refractivity contribution in [2.24, 2.45) is 5.16 Å². The summed E-state index contributed by atoms with van der Waals surface area (Å²) in [6.45, 7) is 0.365. The lowest BCUT2D eigenvalue weighted by Gasteiger charge is -2.13. The van der Waals surface area contributed by atoms with Crippen molar-refractivity contribution < 1.29 is 14.7 Å². The molecule has 0 amide bonds. The fourth-order valence-electron chi connectivity index (χ4n) is 1.75. The third-order valence-electron chi connectivity index (χ3n) is 2.72. The predicted molar refractivity (Wildman–Crippen MR) is 78.2 cm³/mol. The van der Waals surface area contributed by atoms with Crippen molar-refractivity contribution in [1.82, 2.24) is 0 Å². The van der Waals surface area contributed by atoms with Crippen LogP contribution in [0.5, 0.6) is 11.5 Å². The summed E-state index contributed by atoms with van der Waals surface area (Å²) in [7, 11) is 1.56. The van der Waals surface area contributed by atoms with Crippen molar-refractivity contribution >= 4 is 17.8 Å². The molecule has 0 unspecified atom stereocenters. The summed E-state index contributed by atoms with van der Waals surface area (Å²) < 4.78 is 11.0. The molecule has 0 atom stereocenters. The number of rotatable bonds is 5. The molecule has 0 aromatic heterocycles. The van der Waals surface area contributed by atoms with Gasteiger partial charge in [0.05, 0.1) is 13.3 Å². The highest BCUT2D eigenvalue weighted by Crippen LogP contribution is 2.30. The molecule has 0 aliphatic rings. The molecule has 0 aliphatic heterocycles. The Balaban J connectivity index is 2.21. The molecule has 0 saturated carbocycles. The average Bonchev–Trinajstić information content (AvgIpc) is 2.47. The number of hydrogen-bond donors (Lipinski definition) is 1. The van der Waals surface area contributed by atoms with Gasteiger partial charge in [0.1, 0.15) is 6.61 Å². The molecule has 0 aliphatic carbocycles. The van der Waals surface area contributed by atoms with Gasteiger partial charge < -0.3 is 14.7 Å². The third-order valence-corrected chi connectivity index (χ3v) is 2.97. The van der Waals surface area contributed by atoms with Gasteiger partial charge in [0, 0.05) is 10.6 Å². The van der Waals surface area contributed by atoms with E-state index in [1.165, 1.54) is 6.21 Å². The van der Waals surface area contributed by atoms with E-state index in [0.29, 0.717) is 28.7 Å². The fourth-order valence-corrected chi connectivity index (χ4v) is 1.87. The van der Waals surface area contributed by atoms with Crippen LogP contribution in [-0.4, -0.2) is 18.5 Å². The molecule has 0 heterocycles. The van der Waals surface area contributed by atoms with Crippen LogP contribution in [0.1, 0.15) is 11.1 Å². The number of nitrogens with zero attached hydrogens (tertiary/aromatic N) is 1. The van der Waals surface area contributed by atoms with E-state index in [0.717, 1.165) is 5.56 Å². The first-order valence-corrected chi connectivity index (χ1v) is 6.34. The second-order valence-corrected chi connectivity index (χ2v) is 4.47. The van der Waals surface area contributed by atoms with E-state index in [1.807, 2.05) is 12.1 Å². The van der Waals surface area contributed by atoms with Crippen LogP contribution in [0.25, 0.3) is 0 Å². The first kappa shape index (κ1) is 14.2. The van der Waals surface area contributed by atoms with Gasteiger partial charge in [0.25, 0.3) is 0 Å². The van der Waals surface area contributed by atoms with Gasteiger partial charge in [-0.25, -0.2) is 0 Å². The van der Waals surface area contributed by atoms with E-state index < -0.39 is 0 Å². The van der Waals surface area contributed by atoms with Crippen LogP contribution in [0.15, 0.2) is 47.6 Å². The van der Waals surface area contributed by atoms with Gasteiger partial charge in [0.15, 0.2) is 11.5 Å². The Morgan fingerprint density at radius 2 is 1.95 bits per heavy atom. The molecule has 5 heteroatoms. The van der Waals surface area contributed by atoms with Crippen LogP contribution in [0.2, 0.25) is 5.02 Å². The molecule has 104 valence electrons. The van der Waals surface area contributed by atoms with E-state index in [9.17, 15) is 0 Å². The Hall–Kier alpha value is -2.20. The molecule has 0 fully saturated rings. The molecule has 0 saturated heterocycles. The van der Waals surface area contributed by atoms with Crippen LogP contribution in [0.4, 0.5) is 0 Å². The summed E-state index contributed by atoms with van der Waals surface area (Å²) >= 11 is 5.84. The zero-order valence-electron chi connectivity index (χ0n) is 10.9. The Bertz CT molecular complexity index is 597. The summed E-state index contributed by atoms with van der Waals surface area (Å²) in [6, 6.07) is 12.7. The fraction of sp³-hybridized carbons (Fsp3) is 0.133. The molecule has 2 aromatic rings. The number of oxime groups is 1. The molecule has 4 nitrogen and oxygen atoms in total. The Kier molecular flexibility index (Phi) is 4.85. The van der Waals surface area contributed by atoms with Gasteiger partial charge in [-0.05, 0) is 29.8 Å². The van der Waals surface area contributed by atoms with Crippen molar-refractivity contribution in [2.45, 2.75) is 6.61 Å². The Morgan fingerprint density at radius 3 is 2.60 bits per heavy atom. The second-order valence-electron chi connectivity index (χ2n) is 4.04. The minimum absolute atomic E-state index is 0.365. The maximum absolute atomic E-state index is 8.68. The highest BCUT2D eigenvalue weighted by Gasteiger charge is 2.09. The molecule has 2 rings (SSSR count). The van der Waals surface area contributed by atoms with Gasteiger partial charge in [0.2, 0.25) is 0 Å². The summed E-state index contributed by atoms with van der Waals surface area (Å²) in [5.41, 5.74) is 1.62. The first-order valence-electron chi connectivity index (χ1n) is 5.96. The van der Waals surface area contributed by atoms with Crippen LogP contribution in [-0.2, 0) is 6.61 Å². The molecule has 0 bridgehead atoms. The van der Waals surface area contributed by atoms with Crippen molar-refractivity contribution in [3.05, 3.63) is 58.6 Å². The quantitative estimate of drug-likeness (QED) is 0.519. The maximum Gasteiger partial charge on any atom is 0.170 e. The van der Waals surface area contributed by atoms with Crippen molar-refractivity contribution in [3.63, 3.8) is 0 Å². The summed E-state index contributed by atoms with van der Waals surface area (Å²) in [5.74, 6) is 1.11. The largest absolute Gasteiger partial charge is 0.493 e. The standard InChI is InChI=1S/C15H14ClNO3/c1-19-14-4-2-3-12(9-17-18)15(14)20-10-11-5-7-13(16)8-6-11/h2-9,18H,10H2,1H3/b17-9+. The molecule has 0 spiro atoms. The van der Waals surface area contributed by atoms with Gasteiger partial charge >= 0.3 is 0 Å². The summed E-state index contributed by atoms with van der Waals surface area (Å²) in [4.78, 5) is 0. The Labute approximate surface area is 122 Å². The van der Waals surface area contributed by atoms with Crippen molar-refractivity contribution in [2.75, 3.05) is 7.11 Å². The van der Waals surface area contributed by atoms with Crippen molar-refractivity contribution in [3.8, 4) is 11.5 Å². The van der Waals surface area contributed by atoms with Gasteiger partial charge in [-0.2, -0.15) is 0 Å². The monoisotopic (exact) mass is 291 g/mol. The number of halogens is 1. The smallest absolute Gasteiger partial charge is 0.170 e. The van der Waals surface area contributed by atoms with E-state index in [1.54, 1.807) is 37.4 Å². The number of methoxy groups -OCH3 is 1. The molecule has 20 heavy (non-hydrogen) atoms. The lowest BCUT2D eigenvalue weighted by Crippen LogP contribution is -2.00. The number of hydrogen-bond acceptors (Lipinski definition) is 4. The minimum Gasteiger partial charge on any atom is -0.493 e. The molecular weight excluding hydrogens is 278 g/mol. The number of benzene rings is 2. The topological polar surface area (TPSA) is 51.0 Å². The third kappa shape index (κ3) is 3.42. The second kappa shape index (κ2) is 6.82. The van der Waals surface area contributed by atoms with Gasteiger partial charge in [-0.15, -0.1) is 0 Å². The predicted octanol–water partition coefficient (Wildman–Crippen LogP) is 3.74. The minimum atomic E-state index is 0.365. The van der Waals surface area contributed by atoms with Gasteiger partial charge in [-0.1, -0.05) is 35.0 Å². The van der Waals surface area contributed by atoms with Crippen LogP contribution < -0.4 is 9.47 Å².